The number of carbonyl (C=O) groups is 2. The molecule has 30 heavy (non-hydrogen) atoms. The fraction of sp³-hybridized carbons (Fsp3) is 0.300. The Bertz CT molecular complexity index is 1010. The predicted molar refractivity (Wildman–Crippen MR) is 119 cm³/mol. The van der Waals surface area contributed by atoms with Crippen molar-refractivity contribution in [3.63, 3.8) is 0 Å². The van der Waals surface area contributed by atoms with Crippen LogP contribution in [0.1, 0.15) is 24.2 Å². The van der Waals surface area contributed by atoms with E-state index in [0.717, 1.165) is 4.90 Å². The summed E-state index contributed by atoms with van der Waals surface area (Å²) >= 11 is 7.48. The first-order valence-corrected chi connectivity index (χ1v) is 12.2. The standard InChI is InChI=1S/C20H23ClN2O5S2/c1-4-23(5-2)30(26,27)16-9-6-14(7-10-16)22-19(24)13-28-20(25)17-12-15(29-3)8-11-18(17)21/h6-12H,4-5,13H2,1-3H3,(H,22,24). The average Bonchev–Trinajstić information content (AvgIpc) is 2.73. The number of ether oxygens (including phenoxy) is 1. The number of benzene rings is 2. The fourth-order valence-electron chi connectivity index (χ4n) is 2.62. The summed E-state index contributed by atoms with van der Waals surface area (Å²) in [5, 5.41) is 2.80. The number of carbonyl (C=O) groups excluding carboxylic acids is 2. The molecule has 0 saturated carbocycles. The van der Waals surface area contributed by atoms with Crippen molar-refractivity contribution in [1.82, 2.24) is 4.31 Å². The number of esters is 1. The van der Waals surface area contributed by atoms with E-state index >= 15 is 0 Å². The van der Waals surface area contributed by atoms with E-state index in [1.54, 1.807) is 32.0 Å². The first-order valence-electron chi connectivity index (χ1n) is 9.13. The monoisotopic (exact) mass is 470 g/mol. The van der Waals surface area contributed by atoms with Gasteiger partial charge >= 0.3 is 5.97 Å². The molecule has 7 nitrogen and oxygen atoms in total. The van der Waals surface area contributed by atoms with E-state index in [-0.39, 0.29) is 15.5 Å². The highest BCUT2D eigenvalue weighted by molar-refractivity contribution is 7.98. The SMILES string of the molecule is CCN(CC)S(=O)(=O)c1ccc(NC(=O)COC(=O)c2cc(SC)ccc2Cl)cc1. The maximum atomic E-state index is 12.5. The van der Waals surface area contributed by atoms with Crippen LogP contribution in [0.3, 0.4) is 0 Å². The summed E-state index contributed by atoms with van der Waals surface area (Å²) in [6.45, 7) is 3.76. The van der Waals surface area contributed by atoms with Crippen LogP contribution in [-0.4, -0.2) is 50.6 Å². The number of hydrogen-bond acceptors (Lipinski definition) is 6. The van der Waals surface area contributed by atoms with Gasteiger partial charge in [-0.15, -0.1) is 11.8 Å². The first kappa shape index (κ1) is 24.2. The molecule has 0 saturated heterocycles. The molecule has 0 bridgehead atoms. The Morgan fingerprint density at radius 1 is 1.10 bits per heavy atom. The topological polar surface area (TPSA) is 92.8 Å². The Kier molecular flexibility index (Phi) is 8.72. The lowest BCUT2D eigenvalue weighted by atomic mass is 10.2. The van der Waals surface area contributed by atoms with Gasteiger partial charge < -0.3 is 10.1 Å². The Hall–Kier alpha value is -2.07. The molecule has 162 valence electrons. The summed E-state index contributed by atoms with van der Waals surface area (Å²) < 4.78 is 31.3. The highest BCUT2D eigenvalue weighted by Gasteiger charge is 2.21. The number of amides is 1. The summed E-state index contributed by atoms with van der Waals surface area (Å²) in [6, 6.07) is 10.8. The van der Waals surface area contributed by atoms with E-state index < -0.39 is 28.5 Å². The van der Waals surface area contributed by atoms with E-state index in [2.05, 4.69) is 5.32 Å². The van der Waals surface area contributed by atoms with Crippen LogP contribution in [0.25, 0.3) is 0 Å². The van der Waals surface area contributed by atoms with Crippen LogP contribution in [0.15, 0.2) is 52.3 Å². The van der Waals surface area contributed by atoms with Gasteiger partial charge in [0, 0.05) is 23.7 Å². The smallest absolute Gasteiger partial charge is 0.340 e. The molecular formula is C20H23ClN2O5S2. The van der Waals surface area contributed by atoms with Crippen molar-refractivity contribution < 1.29 is 22.7 Å². The van der Waals surface area contributed by atoms with Gasteiger partial charge in [-0.1, -0.05) is 25.4 Å². The maximum Gasteiger partial charge on any atom is 0.340 e. The number of rotatable bonds is 9. The van der Waals surface area contributed by atoms with Crippen LogP contribution < -0.4 is 5.32 Å². The van der Waals surface area contributed by atoms with Gasteiger partial charge in [0.2, 0.25) is 10.0 Å². The fourth-order valence-corrected chi connectivity index (χ4v) is 4.71. The van der Waals surface area contributed by atoms with Gasteiger partial charge in [0.25, 0.3) is 5.91 Å². The minimum Gasteiger partial charge on any atom is -0.452 e. The van der Waals surface area contributed by atoms with Gasteiger partial charge in [-0.2, -0.15) is 4.31 Å². The van der Waals surface area contributed by atoms with Gasteiger partial charge in [-0.25, -0.2) is 13.2 Å². The summed E-state index contributed by atoms with van der Waals surface area (Å²) in [4.78, 5) is 25.3. The van der Waals surface area contributed by atoms with Crippen molar-refractivity contribution in [2.45, 2.75) is 23.6 Å². The molecule has 1 amide bonds. The average molecular weight is 471 g/mol. The lowest BCUT2D eigenvalue weighted by Crippen LogP contribution is -2.30. The zero-order chi connectivity index (χ0) is 22.3. The van der Waals surface area contributed by atoms with Crippen LogP contribution in [0.4, 0.5) is 5.69 Å². The maximum absolute atomic E-state index is 12.5. The number of sulfonamides is 1. The molecule has 0 heterocycles. The van der Waals surface area contributed by atoms with Crippen molar-refractivity contribution in [1.29, 1.82) is 0 Å². The van der Waals surface area contributed by atoms with E-state index in [0.29, 0.717) is 18.8 Å². The molecule has 0 aliphatic carbocycles. The Balaban J connectivity index is 1.98. The minimum absolute atomic E-state index is 0.138. The summed E-state index contributed by atoms with van der Waals surface area (Å²) in [6.07, 6.45) is 1.87. The molecule has 0 spiro atoms. The summed E-state index contributed by atoms with van der Waals surface area (Å²) in [5.41, 5.74) is 0.569. The van der Waals surface area contributed by atoms with Gasteiger partial charge in [0.05, 0.1) is 15.5 Å². The molecule has 0 aromatic heterocycles. The highest BCUT2D eigenvalue weighted by atomic mass is 35.5. The number of hydrogen-bond donors (Lipinski definition) is 1. The lowest BCUT2D eigenvalue weighted by Gasteiger charge is -2.18. The molecule has 0 unspecified atom stereocenters. The van der Waals surface area contributed by atoms with Crippen LogP contribution in [0.5, 0.6) is 0 Å². The Labute approximate surface area is 185 Å². The number of nitrogens with zero attached hydrogens (tertiary/aromatic N) is 1. The van der Waals surface area contributed by atoms with Gasteiger partial charge in [-0.05, 0) is 48.7 Å². The molecule has 0 atom stereocenters. The van der Waals surface area contributed by atoms with E-state index in [1.807, 2.05) is 6.26 Å². The van der Waals surface area contributed by atoms with Crippen molar-refractivity contribution in [2.75, 3.05) is 31.3 Å². The second kappa shape index (κ2) is 10.8. The number of thioether (sulfide) groups is 1. The largest absolute Gasteiger partial charge is 0.452 e. The zero-order valence-electron chi connectivity index (χ0n) is 16.8. The Morgan fingerprint density at radius 3 is 2.30 bits per heavy atom. The normalized spacial score (nSPS) is 11.4. The van der Waals surface area contributed by atoms with Crippen molar-refractivity contribution in [3.05, 3.63) is 53.1 Å². The minimum atomic E-state index is -3.57. The van der Waals surface area contributed by atoms with Crippen molar-refractivity contribution >= 4 is 50.9 Å². The highest BCUT2D eigenvalue weighted by Crippen LogP contribution is 2.24. The van der Waals surface area contributed by atoms with Crippen LogP contribution in [-0.2, 0) is 19.6 Å². The van der Waals surface area contributed by atoms with Crippen LogP contribution in [0.2, 0.25) is 5.02 Å². The van der Waals surface area contributed by atoms with E-state index in [4.69, 9.17) is 16.3 Å². The molecule has 0 fully saturated rings. The third kappa shape index (κ3) is 5.98. The summed E-state index contributed by atoms with van der Waals surface area (Å²) in [7, 11) is -3.57. The number of anilines is 1. The number of halogens is 1. The third-order valence-corrected chi connectivity index (χ3v) is 7.33. The first-order chi connectivity index (χ1) is 14.2. The molecule has 0 aliphatic heterocycles. The molecule has 10 heteroatoms. The second-order valence-electron chi connectivity index (χ2n) is 6.08. The molecule has 0 aliphatic rings. The molecule has 2 aromatic rings. The van der Waals surface area contributed by atoms with Crippen molar-refractivity contribution in [3.8, 4) is 0 Å². The summed E-state index contributed by atoms with van der Waals surface area (Å²) in [5.74, 6) is -1.26. The van der Waals surface area contributed by atoms with Gasteiger partial charge in [0.15, 0.2) is 6.61 Å². The van der Waals surface area contributed by atoms with E-state index in [1.165, 1.54) is 40.3 Å². The van der Waals surface area contributed by atoms with Gasteiger partial charge in [-0.3, -0.25) is 4.79 Å². The quantitative estimate of drug-likeness (QED) is 0.441. The van der Waals surface area contributed by atoms with Gasteiger partial charge in [0.1, 0.15) is 0 Å². The van der Waals surface area contributed by atoms with Crippen LogP contribution >= 0.6 is 23.4 Å². The Morgan fingerprint density at radius 2 is 1.73 bits per heavy atom. The number of nitrogens with one attached hydrogen (secondary N) is 1. The van der Waals surface area contributed by atoms with Crippen molar-refractivity contribution in [2.24, 2.45) is 0 Å². The molecule has 0 radical (unpaired) electrons. The predicted octanol–water partition coefficient (Wildman–Crippen LogP) is 3.89. The van der Waals surface area contributed by atoms with Crippen LogP contribution in [0, 0.1) is 0 Å². The second-order valence-corrected chi connectivity index (χ2v) is 9.31. The third-order valence-electron chi connectivity index (χ3n) is 4.21. The lowest BCUT2D eigenvalue weighted by molar-refractivity contribution is -0.119. The molecule has 1 N–H and O–H groups in total. The molecular weight excluding hydrogens is 448 g/mol. The molecule has 2 rings (SSSR count). The van der Waals surface area contributed by atoms with E-state index in [9.17, 15) is 18.0 Å². The zero-order valence-corrected chi connectivity index (χ0v) is 19.2. The molecule has 2 aromatic carbocycles.